The molecule has 0 aliphatic rings. The van der Waals surface area contributed by atoms with Crippen molar-refractivity contribution in [2.24, 2.45) is 0 Å². The third-order valence-electron chi connectivity index (χ3n) is 2.15. The van der Waals surface area contributed by atoms with E-state index in [1.807, 2.05) is 31.2 Å². The molecule has 16 heavy (non-hydrogen) atoms. The van der Waals surface area contributed by atoms with Crippen molar-refractivity contribution in [3.63, 3.8) is 0 Å². The van der Waals surface area contributed by atoms with E-state index in [1.165, 1.54) is 22.6 Å². The molecule has 0 aromatic heterocycles. The quantitative estimate of drug-likeness (QED) is 0.504. The van der Waals surface area contributed by atoms with Gasteiger partial charge in [0.1, 0.15) is 6.04 Å². The molecule has 86 valence electrons. The Labute approximate surface area is 107 Å². The first-order valence-electron chi connectivity index (χ1n) is 4.73. The number of hydrogen-bond donors (Lipinski definition) is 2. The van der Waals surface area contributed by atoms with Crippen LogP contribution in [0.25, 0.3) is 0 Å². The summed E-state index contributed by atoms with van der Waals surface area (Å²) >= 11 is 1.53. The third-order valence-corrected chi connectivity index (χ3v) is 2.46. The second kappa shape index (κ2) is 5.83. The number of rotatable bonds is 4. The summed E-state index contributed by atoms with van der Waals surface area (Å²) in [6, 6.07) is 6.70. The molecule has 0 saturated carbocycles. The average molecular weight is 333 g/mol. The highest BCUT2D eigenvalue weighted by Crippen LogP contribution is 2.07. The Hall–Kier alpha value is -1.11. The van der Waals surface area contributed by atoms with Crippen LogP contribution in [-0.4, -0.2) is 21.0 Å². The van der Waals surface area contributed by atoms with Gasteiger partial charge in [-0.05, 0) is 12.5 Å². The van der Waals surface area contributed by atoms with Crippen LogP contribution in [0.1, 0.15) is 11.1 Å². The lowest BCUT2D eigenvalue weighted by Crippen LogP contribution is -2.39. The van der Waals surface area contributed by atoms with Gasteiger partial charge in [0.2, 0.25) is 0 Å². The molecule has 0 saturated heterocycles. The Balaban J connectivity index is 2.71. The van der Waals surface area contributed by atoms with Crippen LogP contribution in [0.3, 0.4) is 0 Å². The molecule has 0 heterocycles. The van der Waals surface area contributed by atoms with E-state index in [1.54, 1.807) is 0 Å². The molecule has 2 N–H and O–H groups in total. The first kappa shape index (κ1) is 13.0. The Kier molecular flexibility index (Phi) is 4.72. The molecule has 0 bridgehead atoms. The van der Waals surface area contributed by atoms with E-state index in [4.69, 9.17) is 5.11 Å². The lowest BCUT2D eigenvalue weighted by atomic mass is 10.0. The summed E-state index contributed by atoms with van der Waals surface area (Å²) < 4.78 is -0.364. The maximum atomic E-state index is 10.9. The fourth-order valence-corrected chi connectivity index (χ4v) is 1.67. The van der Waals surface area contributed by atoms with E-state index in [0.29, 0.717) is 6.42 Å². The van der Waals surface area contributed by atoms with Gasteiger partial charge >= 0.3 is 5.97 Å². The molecular weight excluding hydrogens is 321 g/mol. The predicted octanol–water partition coefficient (Wildman–Crippen LogP) is 2.14. The van der Waals surface area contributed by atoms with E-state index < -0.39 is 12.0 Å². The minimum Gasteiger partial charge on any atom is -0.480 e. The number of carboxylic acid groups (broad SMARTS) is 1. The number of carboxylic acids is 1. The van der Waals surface area contributed by atoms with Crippen LogP contribution in [0.2, 0.25) is 0 Å². The van der Waals surface area contributed by atoms with Crippen molar-refractivity contribution in [3.05, 3.63) is 35.4 Å². The number of aryl methyl sites for hydroxylation is 1. The van der Waals surface area contributed by atoms with Crippen LogP contribution in [0.4, 0.5) is 4.79 Å². The largest absolute Gasteiger partial charge is 0.480 e. The molecule has 1 rings (SSSR count). The summed E-state index contributed by atoms with van der Waals surface area (Å²) in [6.07, 6.45) is 0.296. The van der Waals surface area contributed by atoms with Crippen LogP contribution in [0.5, 0.6) is 0 Å². The molecule has 1 aromatic carbocycles. The molecule has 1 amide bonds. The number of nitrogens with one attached hydrogen (secondary N) is 1. The summed E-state index contributed by atoms with van der Waals surface area (Å²) in [7, 11) is 0. The van der Waals surface area contributed by atoms with E-state index in [9.17, 15) is 9.59 Å². The van der Waals surface area contributed by atoms with E-state index >= 15 is 0 Å². The maximum absolute atomic E-state index is 10.9. The summed E-state index contributed by atoms with van der Waals surface area (Å²) in [6.45, 7) is 1.96. The van der Waals surface area contributed by atoms with Crippen molar-refractivity contribution >= 4 is 32.5 Å². The van der Waals surface area contributed by atoms with Gasteiger partial charge in [-0.25, -0.2) is 4.79 Å². The highest BCUT2D eigenvalue weighted by Gasteiger charge is 2.18. The average Bonchev–Trinajstić information content (AvgIpc) is 2.19. The van der Waals surface area contributed by atoms with Gasteiger partial charge < -0.3 is 10.4 Å². The van der Waals surface area contributed by atoms with Gasteiger partial charge in [-0.1, -0.05) is 29.8 Å². The van der Waals surface area contributed by atoms with Gasteiger partial charge in [0.25, 0.3) is 3.91 Å². The summed E-state index contributed by atoms with van der Waals surface area (Å²) in [4.78, 5) is 21.7. The zero-order valence-corrected chi connectivity index (χ0v) is 10.9. The molecule has 0 aliphatic carbocycles. The molecule has 1 atom stereocenters. The zero-order valence-electron chi connectivity index (χ0n) is 8.74. The molecular formula is C11H12INO3. The van der Waals surface area contributed by atoms with Gasteiger partial charge in [0.05, 0.1) is 0 Å². The zero-order chi connectivity index (χ0) is 12.1. The minimum atomic E-state index is -1.02. The van der Waals surface area contributed by atoms with E-state index in [2.05, 4.69) is 5.32 Å². The summed E-state index contributed by atoms with van der Waals surface area (Å²) in [5.41, 5.74) is 2.01. The van der Waals surface area contributed by atoms with Gasteiger partial charge in [0.15, 0.2) is 0 Å². The van der Waals surface area contributed by atoms with Gasteiger partial charge in [-0.3, -0.25) is 4.79 Å². The summed E-state index contributed by atoms with van der Waals surface area (Å²) in [5.74, 6) is -1.02. The highest BCUT2D eigenvalue weighted by atomic mass is 127. The van der Waals surface area contributed by atoms with Crippen LogP contribution >= 0.6 is 22.6 Å². The van der Waals surface area contributed by atoms with Crippen molar-refractivity contribution in [2.45, 2.75) is 19.4 Å². The molecule has 1 aromatic rings. The lowest BCUT2D eigenvalue weighted by molar-refractivity contribution is -0.139. The monoisotopic (exact) mass is 333 g/mol. The molecule has 5 heteroatoms. The number of carbonyl (C=O) groups excluding carboxylic acids is 1. The van der Waals surface area contributed by atoms with Crippen molar-refractivity contribution < 1.29 is 14.7 Å². The number of carbonyl (C=O) groups is 2. The van der Waals surface area contributed by atoms with Crippen molar-refractivity contribution in [1.82, 2.24) is 5.32 Å². The second-order valence-corrected chi connectivity index (χ2v) is 4.48. The molecule has 0 spiro atoms. The molecule has 0 fully saturated rings. The van der Waals surface area contributed by atoms with Crippen LogP contribution in [0, 0.1) is 6.92 Å². The topological polar surface area (TPSA) is 66.4 Å². The van der Waals surface area contributed by atoms with Crippen LogP contribution in [0.15, 0.2) is 24.3 Å². The standard InChI is InChI=1S/C11H12INO3/c1-7-2-4-8(5-3-7)6-9(10(14)15)13-11(12)16/h2-5,9H,6H2,1H3,(H,13,16)(H,14,15). The molecule has 0 aliphatic heterocycles. The number of halogens is 1. The normalized spacial score (nSPS) is 11.9. The molecule has 0 radical (unpaired) electrons. The van der Waals surface area contributed by atoms with Crippen LogP contribution in [-0.2, 0) is 11.2 Å². The fraction of sp³-hybridized carbons (Fsp3) is 0.273. The molecule has 4 nitrogen and oxygen atoms in total. The SMILES string of the molecule is Cc1ccc(CC(NC(=O)I)C(=O)O)cc1. The predicted molar refractivity (Wildman–Crippen MR) is 68.9 cm³/mol. The van der Waals surface area contributed by atoms with Gasteiger partial charge in [-0.2, -0.15) is 0 Å². The third kappa shape index (κ3) is 4.18. The minimum absolute atomic E-state index is 0.296. The second-order valence-electron chi connectivity index (χ2n) is 3.50. The van der Waals surface area contributed by atoms with Crippen molar-refractivity contribution in [2.75, 3.05) is 0 Å². The number of aliphatic carboxylic acids is 1. The van der Waals surface area contributed by atoms with Crippen LogP contribution < -0.4 is 5.32 Å². The first-order valence-corrected chi connectivity index (χ1v) is 5.81. The Bertz CT molecular complexity index is 389. The lowest BCUT2D eigenvalue weighted by Gasteiger charge is -2.12. The van der Waals surface area contributed by atoms with Gasteiger partial charge in [0, 0.05) is 29.0 Å². The summed E-state index contributed by atoms with van der Waals surface area (Å²) in [5, 5.41) is 11.3. The molecule has 1 unspecified atom stereocenters. The Morgan fingerprint density at radius 2 is 1.94 bits per heavy atom. The Morgan fingerprint density at radius 3 is 2.38 bits per heavy atom. The number of hydrogen-bond acceptors (Lipinski definition) is 2. The number of amides is 1. The van der Waals surface area contributed by atoms with Crippen molar-refractivity contribution in [1.29, 1.82) is 0 Å². The highest BCUT2D eigenvalue weighted by molar-refractivity contribution is 14.1. The fourth-order valence-electron chi connectivity index (χ4n) is 1.30. The van der Waals surface area contributed by atoms with Gasteiger partial charge in [-0.15, -0.1) is 0 Å². The smallest absolute Gasteiger partial charge is 0.326 e. The Morgan fingerprint density at radius 1 is 1.38 bits per heavy atom. The van der Waals surface area contributed by atoms with E-state index in [0.717, 1.165) is 11.1 Å². The first-order chi connectivity index (χ1) is 7.49. The van der Waals surface area contributed by atoms with E-state index in [-0.39, 0.29) is 3.91 Å². The maximum Gasteiger partial charge on any atom is 0.326 e. The van der Waals surface area contributed by atoms with Crippen molar-refractivity contribution in [3.8, 4) is 0 Å². The number of benzene rings is 1.